The van der Waals surface area contributed by atoms with Gasteiger partial charge in [-0.1, -0.05) is 47.5 Å². The van der Waals surface area contributed by atoms with Gasteiger partial charge in [0, 0.05) is 10.5 Å². The first-order chi connectivity index (χ1) is 7.65. The van der Waals surface area contributed by atoms with E-state index in [0.717, 1.165) is 0 Å². The summed E-state index contributed by atoms with van der Waals surface area (Å²) in [6.45, 7) is 6.91. The van der Waals surface area contributed by atoms with Crippen LogP contribution in [-0.4, -0.2) is 8.54 Å². The molecule has 1 atom stereocenters. The third kappa shape index (κ3) is 3.61. The maximum atomic E-state index is 8.87. The minimum atomic E-state index is -1.80. The van der Waals surface area contributed by atoms with Gasteiger partial charge in [0.05, 0.1) is 0 Å². The lowest BCUT2D eigenvalue weighted by molar-refractivity contribution is 0.998. The van der Waals surface area contributed by atoms with Crippen molar-refractivity contribution < 1.29 is 0 Å². The highest BCUT2D eigenvalue weighted by Gasteiger charge is 2.43. The summed E-state index contributed by atoms with van der Waals surface area (Å²) in [7, 11) is 0. The van der Waals surface area contributed by atoms with Crippen LogP contribution < -0.4 is 0 Å². The molecule has 0 aromatic heterocycles. The Balaban J connectivity index is 6.26. The first-order valence-corrected chi connectivity index (χ1v) is 6.04. The van der Waals surface area contributed by atoms with Crippen LogP contribution in [-0.2, 0) is 0 Å². The molecular weight excluding hydrogens is 319 g/mol. The molecule has 0 spiro atoms. The Morgan fingerprint density at radius 2 is 1.65 bits per heavy atom. The van der Waals surface area contributed by atoms with Gasteiger partial charge in [-0.3, -0.25) is 0 Å². The van der Waals surface area contributed by atoms with E-state index in [1.165, 1.54) is 6.08 Å². The van der Waals surface area contributed by atoms with E-state index in [4.69, 9.17) is 45.3 Å². The molecule has 0 heterocycles. The second kappa shape index (κ2) is 6.09. The summed E-state index contributed by atoms with van der Waals surface area (Å²) in [5.74, 6) is 0. The number of thiol groups is 2. The minimum absolute atomic E-state index is 0.0137. The van der Waals surface area contributed by atoms with Gasteiger partial charge in [-0.05, 0) is 0 Å². The van der Waals surface area contributed by atoms with Crippen molar-refractivity contribution in [2.75, 3.05) is 0 Å². The van der Waals surface area contributed by atoms with E-state index in [0.29, 0.717) is 0 Å². The largest absolute Gasteiger partial charge is 0.192 e. The monoisotopic (exact) mass is 324 g/mol. The molecule has 0 bridgehead atoms. The number of nitrogens with zero attached hydrogens (tertiary/aromatic N) is 2. The lowest BCUT2D eigenvalue weighted by Crippen LogP contribution is -2.30. The normalized spacial score (nSPS) is 13.8. The molecule has 0 rings (SSSR count). The molecular formula is C10H7Cl3N2S2. The van der Waals surface area contributed by atoms with Crippen LogP contribution in [0.15, 0.2) is 35.3 Å². The molecule has 1 unspecified atom stereocenters. The third-order valence-corrected chi connectivity index (χ3v) is 3.95. The highest BCUT2D eigenvalue weighted by Crippen LogP contribution is 2.49. The maximum absolute atomic E-state index is 8.87. The fourth-order valence-electron chi connectivity index (χ4n) is 0.936. The standard InChI is InChI=1S/C10H7Cl3N2S2/c1-3-9(11,17)8(7(4-14)5-15)10(12,13)6(2)16/h3,16-17H,1-2H2. The second-order valence-electron chi connectivity index (χ2n) is 2.87. The van der Waals surface area contributed by atoms with E-state index < -0.39 is 8.54 Å². The van der Waals surface area contributed by atoms with Gasteiger partial charge in [-0.15, -0.1) is 31.8 Å². The van der Waals surface area contributed by atoms with Gasteiger partial charge in [0.1, 0.15) is 21.9 Å². The van der Waals surface area contributed by atoms with Crippen LogP contribution in [0.25, 0.3) is 0 Å². The smallest absolute Gasteiger partial charge is 0.174 e. The van der Waals surface area contributed by atoms with Gasteiger partial charge >= 0.3 is 0 Å². The van der Waals surface area contributed by atoms with Crippen molar-refractivity contribution >= 4 is 60.1 Å². The molecule has 7 heteroatoms. The minimum Gasteiger partial charge on any atom is -0.192 e. The van der Waals surface area contributed by atoms with Gasteiger partial charge in [0.2, 0.25) is 0 Å². The number of allylic oxidation sites excluding steroid dienone is 2. The average Bonchev–Trinajstić information content (AvgIpc) is 2.24. The number of rotatable bonds is 4. The van der Waals surface area contributed by atoms with Crippen molar-refractivity contribution in [3.05, 3.63) is 35.3 Å². The number of alkyl halides is 3. The van der Waals surface area contributed by atoms with E-state index in [1.807, 2.05) is 0 Å². The van der Waals surface area contributed by atoms with Crippen LogP contribution in [0.1, 0.15) is 0 Å². The predicted octanol–water partition coefficient (Wildman–Crippen LogP) is 4.00. The topological polar surface area (TPSA) is 47.6 Å². The number of hydrogen-bond donors (Lipinski definition) is 2. The van der Waals surface area contributed by atoms with Crippen LogP contribution in [0.3, 0.4) is 0 Å². The molecule has 2 nitrogen and oxygen atoms in total. The molecule has 0 amide bonds. The van der Waals surface area contributed by atoms with Gasteiger partial charge in [-0.2, -0.15) is 10.5 Å². The van der Waals surface area contributed by atoms with Gasteiger partial charge in [0.25, 0.3) is 0 Å². The molecule has 0 saturated carbocycles. The van der Waals surface area contributed by atoms with Crippen LogP contribution in [0.5, 0.6) is 0 Å². The molecule has 0 N–H and O–H groups in total. The molecule has 0 radical (unpaired) electrons. The Morgan fingerprint density at radius 1 is 1.24 bits per heavy atom. The van der Waals surface area contributed by atoms with E-state index in [9.17, 15) is 0 Å². The fourth-order valence-corrected chi connectivity index (χ4v) is 2.28. The summed E-state index contributed by atoms with van der Waals surface area (Å²) in [5.41, 5.74) is -0.506. The quantitative estimate of drug-likeness (QED) is 0.355. The van der Waals surface area contributed by atoms with Crippen LogP contribution in [0.2, 0.25) is 0 Å². The van der Waals surface area contributed by atoms with Crippen molar-refractivity contribution in [1.29, 1.82) is 10.5 Å². The summed E-state index contributed by atoms with van der Waals surface area (Å²) in [5, 5.41) is 17.7. The van der Waals surface area contributed by atoms with Crippen molar-refractivity contribution in [3.8, 4) is 12.1 Å². The third-order valence-electron chi connectivity index (χ3n) is 1.77. The summed E-state index contributed by atoms with van der Waals surface area (Å²) in [6.07, 6.45) is 1.19. The van der Waals surface area contributed by atoms with Crippen molar-refractivity contribution in [2.45, 2.75) is 8.54 Å². The molecule has 90 valence electrons. The molecule has 0 aliphatic rings. The summed E-state index contributed by atoms with van der Waals surface area (Å²) < 4.78 is -3.36. The van der Waals surface area contributed by atoms with Crippen molar-refractivity contribution in [1.82, 2.24) is 0 Å². The van der Waals surface area contributed by atoms with E-state index >= 15 is 0 Å². The van der Waals surface area contributed by atoms with E-state index in [1.54, 1.807) is 12.1 Å². The average molecular weight is 326 g/mol. The molecule has 0 aliphatic carbocycles. The molecule has 0 saturated heterocycles. The predicted molar refractivity (Wildman–Crippen MR) is 78.6 cm³/mol. The van der Waals surface area contributed by atoms with Gasteiger partial charge < -0.3 is 0 Å². The highest BCUT2D eigenvalue weighted by molar-refractivity contribution is 7.85. The molecule has 0 fully saturated rings. The Morgan fingerprint density at radius 3 is 1.88 bits per heavy atom. The number of halogens is 3. The SMILES string of the molecule is C=CC(S)(Cl)C(=C(C#N)C#N)C(Cl)(Cl)C(=C)S. The Hall–Kier alpha value is -0.230. The first kappa shape index (κ1) is 16.8. The maximum Gasteiger partial charge on any atom is 0.174 e. The zero-order valence-electron chi connectivity index (χ0n) is 8.41. The molecule has 0 aliphatic heterocycles. The van der Waals surface area contributed by atoms with Crippen molar-refractivity contribution in [2.24, 2.45) is 0 Å². The van der Waals surface area contributed by atoms with Gasteiger partial charge in [0.15, 0.2) is 4.33 Å². The van der Waals surface area contributed by atoms with Crippen LogP contribution >= 0.6 is 60.1 Å². The fraction of sp³-hybridized carbons (Fsp3) is 0.200. The summed E-state index contributed by atoms with van der Waals surface area (Å²) >= 11 is 26.0. The second-order valence-corrected chi connectivity index (χ2v) is 6.30. The highest BCUT2D eigenvalue weighted by atomic mass is 35.5. The Labute approximate surface area is 126 Å². The summed E-state index contributed by atoms with van der Waals surface area (Å²) in [4.78, 5) is 0.0137. The molecule has 0 aromatic carbocycles. The van der Waals surface area contributed by atoms with Crippen molar-refractivity contribution in [3.63, 3.8) is 0 Å². The zero-order valence-corrected chi connectivity index (χ0v) is 12.5. The van der Waals surface area contributed by atoms with Crippen LogP contribution in [0.4, 0.5) is 0 Å². The first-order valence-electron chi connectivity index (χ1n) is 4.01. The number of hydrogen-bond acceptors (Lipinski definition) is 4. The molecule has 17 heavy (non-hydrogen) atoms. The zero-order chi connectivity index (χ0) is 13.9. The Kier molecular flexibility index (Phi) is 6.01. The lowest BCUT2D eigenvalue weighted by atomic mass is 10.0. The number of nitriles is 2. The lowest BCUT2D eigenvalue weighted by Gasteiger charge is -2.30. The van der Waals surface area contributed by atoms with E-state index in [2.05, 4.69) is 38.4 Å². The Bertz CT molecular complexity index is 451. The molecule has 0 aromatic rings. The summed E-state index contributed by atoms with van der Waals surface area (Å²) in [6, 6.07) is 3.29. The van der Waals surface area contributed by atoms with Gasteiger partial charge in [-0.25, -0.2) is 0 Å². The van der Waals surface area contributed by atoms with E-state index in [-0.39, 0.29) is 16.1 Å². The van der Waals surface area contributed by atoms with Crippen LogP contribution in [0, 0.1) is 22.7 Å².